The maximum atomic E-state index is 13.9. The Hall–Kier alpha value is -3.37. The zero-order valence-electron chi connectivity index (χ0n) is 23.7. The number of anilines is 2. The number of thioether (sulfide) groups is 1. The number of carbonyl (C=O) groups is 2. The number of hydrogen-bond donors (Lipinski definition) is 2. The van der Waals surface area contributed by atoms with Crippen LogP contribution >= 0.6 is 23.4 Å². The Morgan fingerprint density at radius 3 is 2.72 bits per heavy atom. The molecule has 0 bridgehead atoms. The molecule has 43 heavy (non-hydrogen) atoms. The lowest BCUT2D eigenvalue weighted by atomic mass is 9.90. The third kappa shape index (κ3) is 7.24. The predicted octanol–water partition coefficient (Wildman–Crippen LogP) is 6.26. The quantitative estimate of drug-likeness (QED) is 0.293. The number of halogens is 2. The number of piperidine rings is 1. The summed E-state index contributed by atoms with van der Waals surface area (Å²) in [5.74, 6) is -0.309. The van der Waals surface area contributed by atoms with Gasteiger partial charge in [-0.3, -0.25) is 19.5 Å². The van der Waals surface area contributed by atoms with Crippen molar-refractivity contribution in [3.63, 3.8) is 0 Å². The zero-order chi connectivity index (χ0) is 29.8. The molecule has 0 radical (unpaired) electrons. The van der Waals surface area contributed by atoms with Crippen molar-refractivity contribution >= 4 is 45.8 Å². The first kappa shape index (κ1) is 29.7. The zero-order valence-corrected chi connectivity index (χ0v) is 25.3. The summed E-state index contributed by atoms with van der Waals surface area (Å²) < 4.78 is 13.9. The van der Waals surface area contributed by atoms with Gasteiger partial charge in [-0.25, -0.2) is 4.39 Å². The molecule has 0 unspecified atom stereocenters. The van der Waals surface area contributed by atoms with Crippen LogP contribution in [-0.4, -0.2) is 48.6 Å². The molecule has 224 valence electrons. The number of amides is 1. The Kier molecular flexibility index (Phi) is 9.33. The molecule has 0 aromatic heterocycles. The van der Waals surface area contributed by atoms with Crippen molar-refractivity contribution < 1.29 is 18.8 Å². The molecule has 10 heteroatoms. The third-order valence-electron chi connectivity index (χ3n) is 8.29. The highest BCUT2D eigenvalue weighted by Gasteiger charge is 2.35. The normalized spacial score (nSPS) is 18.8. The summed E-state index contributed by atoms with van der Waals surface area (Å²) >= 11 is 7.42. The maximum Gasteiger partial charge on any atom is 0.251 e. The van der Waals surface area contributed by atoms with Gasteiger partial charge in [0.15, 0.2) is 0 Å². The first-order valence-electron chi connectivity index (χ1n) is 14.6. The minimum absolute atomic E-state index is 0.00159. The minimum atomic E-state index is -0.422. The van der Waals surface area contributed by atoms with Crippen molar-refractivity contribution in [2.45, 2.75) is 25.9 Å². The van der Waals surface area contributed by atoms with Crippen LogP contribution in [0.15, 0.2) is 77.8 Å². The van der Waals surface area contributed by atoms with Crippen LogP contribution in [0.5, 0.6) is 0 Å². The molecule has 3 aromatic rings. The van der Waals surface area contributed by atoms with Gasteiger partial charge in [-0.05, 0) is 85.6 Å². The van der Waals surface area contributed by atoms with E-state index >= 15 is 0 Å². The number of nitrogens with zero attached hydrogens (tertiary/aromatic N) is 2. The summed E-state index contributed by atoms with van der Waals surface area (Å²) in [4.78, 5) is 34.3. The molecule has 2 N–H and O–H groups in total. The molecule has 1 atom stereocenters. The van der Waals surface area contributed by atoms with Crippen molar-refractivity contribution in [3.8, 4) is 0 Å². The smallest absolute Gasteiger partial charge is 0.251 e. The van der Waals surface area contributed by atoms with Gasteiger partial charge >= 0.3 is 0 Å². The highest BCUT2D eigenvalue weighted by Crippen LogP contribution is 2.40. The molecule has 7 nitrogen and oxygen atoms in total. The maximum absolute atomic E-state index is 13.9. The number of fused-ring (bicyclic) bond motifs is 2. The van der Waals surface area contributed by atoms with Gasteiger partial charge in [0.25, 0.3) is 5.91 Å². The lowest BCUT2D eigenvalue weighted by molar-refractivity contribution is -0.113. The number of benzene rings is 3. The number of carbonyl (C=O) groups excluding carboxylic acids is 2. The highest BCUT2D eigenvalue weighted by molar-refractivity contribution is 8.16. The Labute approximate surface area is 260 Å². The monoisotopic (exact) mass is 620 g/mol. The summed E-state index contributed by atoms with van der Waals surface area (Å²) in [5.41, 5.74) is 4.49. The van der Waals surface area contributed by atoms with E-state index in [4.69, 9.17) is 16.4 Å². The fraction of sp³-hybridized carbons (Fsp3) is 0.333. The van der Waals surface area contributed by atoms with Crippen LogP contribution in [-0.2, 0) is 22.7 Å². The highest BCUT2D eigenvalue weighted by atomic mass is 35.5. The van der Waals surface area contributed by atoms with E-state index < -0.39 is 11.7 Å². The SMILES string of the molecule is O=C(NCCN1CCC(Cc2ccccc2)CC1)c1ccc2c(c1)N(OCc1cc(F)ccc1Cl)C[C@H]1C(=O)SC=C1N2. The topological polar surface area (TPSA) is 73.9 Å². The molecule has 0 aliphatic carbocycles. The molecule has 0 saturated carbocycles. The molecular weight excluding hydrogens is 587 g/mol. The van der Waals surface area contributed by atoms with Crippen LogP contribution in [0.1, 0.15) is 34.3 Å². The van der Waals surface area contributed by atoms with Gasteiger partial charge < -0.3 is 15.5 Å². The Bertz CT molecular complexity index is 1510. The average molecular weight is 621 g/mol. The van der Waals surface area contributed by atoms with E-state index in [0.29, 0.717) is 40.0 Å². The summed E-state index contributed by atoms with van der Waals surface area (Å²) in [5, 5.41) is 10.2. The standard InChI is InChI=1S/C33H34ClFN4O3S/c34-28-8-7-26(35)17-25(28)20-42-39-19-27-30(21-43-33(27)41)37-29-9-6-24(18-31(29)39)32(40)36-12-15-38-13-10-23(11-14-38)16-22-4-2-1-3-5-22/h1-9,17-18,21,23,27,37H,10-16,19-20H2,(H,36,40)/t27-/m1/s1. The van der Waals surface area contributed by atoms with Crippen LogP contribution in [0.25, 0.3) is 0 Å². The lowest BCUT2D eigenvalue weighted by Gasteiger charge is -2.32. The molecule has 3 aliphatic rings. The van der Waals surface area contributed by atoms with E-state index in [1.807, 2.05) is 11.5 Å². The number of likely N-dealkylation sites (tertiary alicyclic amines) is 1. The first-order chi connectivity index (χ1) is 20.9. The Morgan fingerprint density at radius 1 is 1.09 bits per heavy atom. The van der Waals surface area contributed by atoms with E-state index in [9.17, 15) is 14.0 Å². The van der Waals surface area contributed by atoms with Crippen LogP contribution in [0, 0.1) is 17.7 Å². The van der Waals surface area contributed by atoms with Crippen LogP contribution in [0.2, 0.25) is 5.02 Å². The van der Waals surface area contributed by atoms with Gasteiger partial charge in [0.1, 0.15) is 12.4 Å². The van der Waals surface area contributed by atoms with Crippen LogP contribution < -0.4 is 15.7 Å². The molecular formula is C33H34ClFN4O3S. The van der Waals surface area contributed by atoms with Gasteiger partial charge in [-0.15, -0.1) is 0 Å². The number of rotatable bonds is 9. The molecule has 0 spiro atoms. The van der Waals surface area contributed by atoms with Crippen molar-refractivity contribution in [1.29, 1.82) is 0 Å². The van der Waals surface area contributed by atoms with E-state index in [0.717, 1.165) is 56.4 Å². The number of hydrogen-bond acceptors (Lipinski definition) is 7. The fourth-order valence-electron chi connectivity index (χ4n) is 5.82. The molecule has 6 rings (SSSR count). The van der Waals surface area contributed by atoms with Crippen LogP contribution in [0.4, 0.5) is 15.8 Å². The predicted molar refractivity (Wildman–Crippen MR) is 169 cm³/mol. The number of nitrogens with one attached hydrogen (secondary N) is 2. The second-order valence-corrected chi connectivity index (χ2v) is 12.5. The van der Waals surface area contributed by atoms with Crippen molar-refractivity contribution in [3.05, 3.63) is 105 Å². The number of hydroxylamine groups is 1. The molecule has 3 aromatic carbocycles. The Morgan fingerprint density at radius 2 is 1.91 bits per heavy atom. The van der Waals surface area contributed by atoms with Crippen molar-refractivity contribution in [2.75, 3.05) is 43.1 Å². The first-order valence-corrected chi connectivity index (χ1v) is 15.9. The lowest BCUT2D eigenvalue weighted by Crippen LogP contribution is -2.40. The summed E-state index contributed by atoms with van der Waals surface area (Å²) in [6.07, 6.45) is 3.45. The summed E-state index contributed by atoms with van der Waals surface area (Å²) in [6.45, 7) is 3.67. The van der Waals surface area contributed by atoms with Gasteiger partial charge in [0.05, 0.1) is 23.8 Å². The molecule has 1 amide bonds. The second-order valence-electron chi connectivity index (χ2n) is 11.2. The Balaban J connectivity index is 1.08. The van der Waals surface area contributed by atoms with Gasteiger partial charge in [0.2, 0.25) is 5.12 Å². The molecule has 1 saturated heterocycles. The van der Waals surface area contributed by atoms with Crippen molar-refractivity contribution in [1.82, 2.24) is 10.2 Å². The van der Waals surface area contributed by atoms with E-state index in [2.05, 4.69) is 45.9 Å². The fourth-order valence-corrected chi connectivity index (χ4v) is 6.83. The average Bonchev–Trinajstić information content (AvgIpc) is 3.27. The molecule has 3 aliphatic heterocycles. The third-order valence-corrected chi connectivity index (χ3v) is 9.55. The van der Waals surface area contributed by atoms with Gasteiger partial charge in [-0.2, -0.15) is 0 Å². The minimum Gasteiger partial charge on any atom is -0.356 e. The second kappa shape index (κ2) is 13.5. The van der Waals surface area contributed by atoms with Gasteiger partial charge in [-0.1, -0.05) is 53.7 Å². The largest absolute Gasteiger partial charge is 0.356 e. The van der Waals surface area contributed by atoms with Crippen molar-refractivity contribution in [2.24, 2.45) is 11.8 Å². The van der Waals surface area contributed by atoms with E-state index in [1.165, 1.54) is 23.8 Å². The van der Waals surface area contributed by atoms with Gasteiger partial charge in [0, 0.05) is 34.9 Å². The van der Waals surface area contributed by atoms with Crippen LogP contribution in [0.3, 0.4) is 0 Å². The summed E-state index contributed by atoms with van der Waals surface area (Å²) in [6, 6.07) is 20.1. The molecule has 3 heterocycles. The van der Waals surface area contributed by atoms with E-state index in [1.54, 1.807) is 17.2 Å². The van der Waals surface area contributed by atoms with E-state index in [-0.39, 0.29) is 24.2 Å². The molecule has 1 fully saturated rings. The summed E-state index contributed by atoms with van der Waals surface area (Å²) in [7, 11) is 0.